The lowest BCUT2D eigenvalue weighted by atomic mass is 9.62. The molecule has 4 fully saturated rings. The molecule has 3 heterocycles. The molecule has 0 aromatic heterocycles. The largest absolute Gasteiger partial charge is 0.465 e. The first-order valence-electron chi connectivity index (χ1n) is 14.1. The Morgan fingerprint density at radius 2 is 1.95 bits per heavy atom. The molecule has 6 atom stereocenters. The van der Waals surface area contributed by atoms with Crippen LogP contribution in [0.1, 0.15) is 71.6 Å². The Kier molecular flexibility index (Phi) is 8.48. The summed E-state index contributed by atoms with van der Waals surface area (Å²) in [4.78, 5) is 45.1. The summed E-state index contributed by atoms with van der Waals surface area (Å²) >= 11 is 0. The zero-order chi connectivity index (χ0) is 26.8. The number of esters is 1. The van der Waals surface area contributed by atoms with Crippen molar-refractivity contribution in [3.05, 3.63) is 25.3 Å². The van der Waals surface area contributed by atoms with Crippen LogP contribution in [0.2, 0.25) is 0 Å². The Bertz CT molecular complexity index is 901. The van der Waals surface area contributed by atoms with Crippen molar-refractivity contribution in [3.63, 3.8) is 0 Å². The van der Waals surface area contributed by atoms with Crippen molar-refractivity contribution in [1.29, 1.82) is 0 Å². The van der Waals surface area contributed by atoms with Gasteiger partial charge in [-0.25, -0.2) is 0 Å². The number of ether oxygens (including phenoxy) is 2. The third-order valence-electron chi connectivity index (χ3n) is 9.31. The van der Waals surface area contributed by atoms with Crippen molar-refractivity contribution in [1.82, 2.24) is 9.80 Å². The molecule has 1 spiro atoms. The van der Waals surface area contributed by atoms with Gasteiger partial charge in [0.15, 0.2) is 0 Å². The SMILES string of the molecule is C=CCCCCOC(=O)[C@@H]1[C@H]2C(=O)N(CCO)C(C(=O)N(CC=C)C3CCCCC3)C23CC(C)[C@@]1(C)O3. The lowest BCUT2D eigenvalue weighted by molar-refractivity contribution is -0.162. The molecule has 8 nitrogen and oxygen atoms in total. The number of carbonyl (C=O) groups is 3. The lowest BCUT2D eigenvalue weighted by Gasteiger charge is -2.40. The zero-order valence-corrected chi connectivity index (χ0v) is 22.5. The van der Waals surface area contributed by atoms with Gasteiger partial charge in [-0.3, -0.25) is 14.4 Å². The number of aliphatic hydroxyl groups is 1. The number of nitrogens with zero attached hydrogens (tertiary/aromatic N) is 2. The first-order valence-corrected chi connectivity index (χ1v) is 14.1. The molecule has 3 unspecified atom stereocenters. The molecule has 0 aromatic carbocycles. The summed E-state index contributed by atoms with van der Waals surface area (Å²) in [5.74, 6) is -2.51. The van der Waals surface area contributed by atoms with Crippen LogP contribution in [0.4, 0.5) is 0 Å². The van der Waals surface area contributed by atoms with Crippen LogP contribution in [0.25, 0.3) is 0 Å². The van der Waals surface area contributed by atoms with Crippen LogP contribution in [-0.2, 0) is 23.9 Å². The van der Waals surface area contributed by atoms with Gasteiger partial charge >= 0.3 is 5.97 Å². The molecule has 2 bridgehead atoms. The average Bonchev–Trinajstić information content (AvgIpc) is 3.39. The number of aliphatic hydroxyl groups excluding tert-OH is 1. The molecule has 2 amide bonds. The van der Waals surface area contributed by atoms with Gasteiger partial charge in [0.05, 0.1) is 24.7 Å². The molecule has 206 valence electrons. The number of rotatable bonds is 12. The number of hydrogen-bond donors (Lipinski definition) is 1. The van der Waals surface area contributed by atoms with Gasteiger partial charge in [0.1, 0.15) is 17.6 Å². The van der Waals surface area contributed by atoms with Crippen molar-refractivity contribution in [2.24, 2.45) is 17.8 Å². The minimum absolute atomic E-state index is 0.0257. The van der Waals surface area contributed by atoms with E-state index < -0.39 is 35.0 Å². The summed E-state index contributed by atoms with van der Waals surface area (Å²) in [6, 6.07) is -0.794. The molecular weight excluding hydrogens is 472 g/mol. The van der Waals surface area contributed by atoms with Crippen LogP contribution in [-0.4, -0.2) is 82.3 Å². The maximum Gasteiger partial charge on any atom is 0.312 e. The summed E-state index contributed by atoms with van der Waals surface area (Å²) in [7, 11) is 0. The van der Waals surface area contributed by atoms with E-state index in [-0.39, 0.29) is 43.5 Å². The summed E-state index contributed by atoms with van der Waals surface area (Å²) in [5, 5.41) is 9.86. The van der Waals surface area contributed by atoms with E-state index in [1.165, 1.54) is 4.90 Å². The van der Waals surface area contributed by atoms with Crippen molar-refractivity contribution >= 4 is 17.8 Å². The minimum Gasteiger partial charge on any atom is -0.465 e. The van der Waals surface area contributed by atoms with Gasteiger partial charge in [0, 0.05) is 19.1 Å². The summed E-state index contributed by atoms with van der Waals surface area (Å²) < 4.78 is 12.4. The molecule has 37 heavy (non-hydrogen) atoms. The number of hydrogen-bond acceptors (Lipinski definition) is 6. The van der Waals surface area contributed by atoms with E-state index >= 15 is 0 Å². The average molecular weight is 517 g/mol. The maximum absolute atomic E-state index is 14.3. The summed E-state index contributed by atoms with van der Waals surface area (Å²) in [5.41, 5.74) is -2.01. The second-order valence-corrected chi connectivity index (χ2v) is 11.5. The van der Waals surface area contributed by atoms with Crippen LogP contribution in [0.3, 0.4) is 0 Å². The molecule has 1 N–H and O–H groups in total. The molecule has 3 aliphatic heterocycles. The Morgan fingerprint density at radius 3 is 2.59 bits per heavy atom. The molecule has 0 radical (unpaired) electrons. The predicted molar refractivity (Wildman–Crippen MR) is 139 cm³/mol. The van der Waals surface area contributed by atoms with E-state index in [2.05, 4.69) is 13.2 Å². The molecule has 0 aromatic rings. The molecule has 3 saturated heterocycles. The number of amides is 2. The zero-order valence-electron chi connectivity index (χ0n) is 22.5. The van der Waals surface area contributed by atoms with Crippen molar-refractivity contribution in [3.8, 4) is 0 Å². The standard InChI is InChI=1S/C29H44N2O6/c1-5-7-8-12-18-36-27(35)23-22-25(33)31(16-17-32)24(29(22)19-20(3)28(23,4)37-29)26(34)30(15-6-2)21-13-10-9-11-14-21/h5-6,20-24,32H,1-2,7-19H2,3-4H3/t20?,22-,23-,24?,28+,29?/m0/s1. The third-order valence-corrected chi connectivity index (χ3v) is 9.31. The van der Waals surface area contributed by atoms with Gasteiger partial charge < -0.3 is 24.4 Å². The predicted octanol–water partition coefficient (Wildman–Crippen LogP) is 3.24. The van der Waals surface area contributed by atoms with Gasteiger partial charge in [0.2, 0.25) is 11.8 Å². The fourth-order valence-corrected chi connectivity index (χ4v) is 7.49. The molecule has 8 heteroatoms. The molecule has 1 aliphatic carbocycles. The number of fused-ring (bicyclic) bond motifs is 1. The van der Waals surface area contributed by atoms with Crippen molar-refractivity contribution in [2.75, 3.05) is 26.3 Å². The van der Waals surface area contributed by atoms with E-state index in [9.17, 15) is 19.5 Å². The van der Waals surface area contributed by atoms with Crippen molar-refractivity contribution in [2.45, 2.75) is 94.9 Å². The van der Waals surface area contributed by atoms with E-state index in [0.717, 1.165) is 51.4 Å². The van der Waals surface area contributed by atoms with E-state index in [1.807, 2.05) is 24.8 Å². The Hall–Kier alpha value is -2.19. The van der Waals surface area contributed by atoms with Crippen LogP contribution in [0.5, 0.6) is 0 Å². The normalized spacial score (nSPS) is 34.9. The number of carbonyl (C=O) groups excluding carboxylic acids is 3. The smallest absolute Gasteiger partial charge is 0.312 e. The fraction of sp³-hybridized carbons (Fsp3) is 0.759. The van der Waals surface area contributed by atoms with Gasteiger partial charge in [-0.05, 0) is 51.4 Å². The number of likely N-dealkylation sites (tertiary alicyclic amines) is 1. The number of unbranched alkanes of at least 4 members (excludes halogenated alkanes) is 2. The monoisotopic (exact) mass is 516 g/mol. The first kappa shape index (κ1) is 27.8. The van der Waals surface area contributed by atoms with Gasteiger partial charge in [-0.2, -0.15) is 0 Å². The van der Waals surface area contributed by atoms with Crippen LogP contribution < -0.4 is 0 Å². The summed E-state index contributed by atoms with van der Waals surface area (Å²) in [6.07, 6.45) is 11.7. The van der Waals surface area contributed by atoms with E-state index in [0.29, 0.717) is 13.0 Å². The highest BCUT2D eigenvalue weighted by atomic mass is 16.6. The molecule has 1 saturated carbocycles. The summed E-state index contributed by atoms with van der Waals surface area (Å²) in [6.45, 7) is 11.9. The third kappa shape index (κ3) is 4.65. The topological polar surface area (TPSA) is 96.4 Å². The van der Waals surface area contributed by atoms with E-state index in [4.69, 9.17) is 9.47 Å². The quantitative estimate of drug-likeness (QED) is 0.243. The highest BCUT2D eigenvalue weighted by Crippen LogP contribution is 2.65. The number of allylic oxidation sites excluding steroid dienone is 1. The molecular formula is C29H44N2O6. The van der Waals surface area contributed by atoms with Crippen LogP contribution in [0, 0.1) is 17.8 Å². The maximum atomic E-state index is 14.3. The molecule has 4 aliphatic rings. The Balaban J connectivity index is 1.66. The van der Waals surface area contributed by atoms with E-state index in [1.54, 1.807) is 6.08 Å². The fourth-order valence-electron chi connectivity index (χ4n) is 7.49. The first-order chi connectivity index (χ1) is 17.8. The Morgan fingerprint density at radius 1 is 1.22 bits per heavy atom. The van der Waals surface area contributed by atoms with Crippen LogP contribution in [0.15, 0.2) is 25.3 Å². The second-order valence-electron chi connectivity index (χ2n) is 11.5. The van der Waals surface area contributed by atoms with Gasteiger partial charge in [-0.1, -0.05) is 38.3 Å². The Labute approximate surface area is 221 Å². The minimum atomic E-state index is -1.11. The van der Waals surface area contributed by atoms with Gasteiger partial charge in [0.25, 0.3) is 0 Å². The molecule has 4 rings (SSSR count). The highest BCUT2D eigenvalue weighted by Gasteiger charge is 2.80. The highest BCUT2D eigenvalue weighted by molar-refractivity contribution is 5.98. The number of β-amino-alcohol motifs (C(OH)–C–C–N with tert-alkyl or cyclic N) is 1. The second kappa shape index (κ2) is 11.3. The van der Waals surface area contributed by atoms with Gasteiger partial charge in [-0.15, -0.1) is 13.2 Å². The van der Waals surface area contributed by atoms with Crippen molar-refractivity contribution < 1.29 is 29.0 Å². The lowest BCUT2D eigenvalue weighted by Crippen LogP contribution is -2.58. The van der Waals surface area contributed by atoms with Crippen LogP contribution >= 0.6 is 0 Å².